The molecule has 2 saturated heterocycles. The molecule has 6 atom stereocenters. The lowest BCUT2D eigenvalue weighted by Crippen LogP contribution is -2.53. The lowest BCUT2D eigenvalue weighted by molar-refractivity contribution is -0.141. The van der Waals surface area contributed by atoms with E-state index in [9.17, 15) is 32.7 Å². The molecule has 11 nitrogen and oxygen atoms in total. The number of halogens is 5. The lowest BCUT2D eigenvalue weighted by atomic mass is 9.49. The van der Waals surface area contributed by atoms with Gasteiger partial charge in [0.2, 0.25) is 17.6 Å². The number of methoxy groups -OCH3 is 2. The van der Waals surface area contributed by atoms with E-state index in [0.717, 1.165) is 0 Å². The van der Waals surface area contributed by atoms with Gasteiger partial charge in [0.25, 0.3) is 11.8 Å². The summed E-state index contributed by atoms with van der Waals surface area (Å²) in [5.74, 6) is -7.27. The van der Waals surface area contributed by atoms with Gasteiger partial charge in [-0.1, -0.05) is 53.9 Å². The number of hydrogen-bond acceptors (Lipinski definition) is 9. The van der Waals surface area contributed by atoms with Crippen LogP contribution in [0.25, 0.3) is 0 Å². The zero-order chi connectivity index (χ0) is 38.1. The number of amides is 4. The van der Waals surface area contributed by atoms with Crippen molar-refractivity contribution in [1.82, 2.24) is 14.9 Å². The number of rotatable bonds is 8. The van der Waals surface area contributed by atoms with Crippen molar-refractivity contribution in [3.63, 3.8) is 0 Å². The fraction of sp³-hybridized carbons (Fsp3) is 0.378. The molecule has 0 spiro atoms. The molecule has 2 N–H and O–H groups in total. The summed E-state index contributed by atoms with van der Waals surface area (Å²) in [6.07, 6.45) is -1.65. The van der Waals surface area contributed by atoms with Gasteiger partial charge in [0.15, 0.2) is 17.3 Å². The van der Waals surface area contributed by atoms with Gasteiger partial charge in [0.05, 0.1) is 48.0 Å². The number of ether oxygens (including phenoxy) is 2. The number of hydrazine groups is 1. The summed E-state index contributed by atoms with van der Waals surface area (Å²) in [4.78, 5) is 62.8. The van der Waals surface area contributed by atoms with E-state index >= 15 is 4.79 Å². The van der Waals surface area contributed by atoms with Crippen molar-refractivity contribution >= 4 is 52.6 Å². The number of fused-ring (bicyclic) bond motifs is 4. The number of nitrogens with zero attached hydrogens (tertiary/aromatic N) is 3. The molecule has 0 bridgehead atoms. The van der Waals surface area contributed by atoms with Crippen LogP contribution in [0.4, 0.5) is 19.0 Å². The van der Waals surface area contributed by atoms with Gasteiger partial charge in [-0.25, -0.2) is 4.98 Å². The Labute approximate surface area is 311 Å². The molecule has 4 aliphatic rings. The minimum Gasteiger partial charge on any atom is -0.502 e. The smallest absolute Gasteiger partial charge is 0.417 e. The number of aromatic hydroxyl groups is 1. The summed E-state index contributed by atoms with van der Waals surface area (Å²) in [5, 5.41) is 11.5. The minimum atomic E-state index is -4.75. The Morgan fingerprint density at radius 3 is 2.23 bits per heavy atom. The van der Waals surface area contributed by atoms with Crippen molar-refractivity contribution in [3.8, 4) is 17.2 Å². The van der Waals surface area contributed by atoms with Crippen LogP contribution in [0.3, 0.4) is 0 Å². The van der Waals surface area contributed by atoms with Crippen LogP contribution in [0.5, 0.6) is 17.2 Å². The molecular formula is C37H33Cl2F3N4O7. The number of hydrogen-bond donors (Lipinski definition) is 2. The predicted octanol–water partition coefficient (Wildman–Crippen LogP) is 6.52. The van der Waals surface area contributed by atoms with Crippen LogP contribution < -0.4 is 14.9 Å². The molecule has 7 rings (SSSR count). The molecule has 2 aliphatic heterocycles. The second kappa shape index (κ2) is 13.2. The second-order valence-corrected chi connectivity index (χ2v) is 14.4. The second-order valence-electron chi connectivity index (χ2n) is 13.5. The lowest BCUT2D eigenvalue weighted by Gasteiger charge is -2.50. The molecule has 2 aromatic carbocycles. The van der Waals surface area contributed by atoms with Gasteiger partial charge in [-0.3, -0.25) is 29.5 Å². The third kappa shape index (κ3) is 5.51. The third-order valence-corrected chi connectivity index (χ3v) is 11.5. The number of anilines is 1. The summed E-state index contributed by atoms with van der Waals surface area (Å²) in [5.41, 5.74) is 1.09. The number of aromatic nitrogens is 1. The molecule has 4 amide bonds. The maximum absolute atomic E-state index is 15.3. The number of phenolic OH excluding ortho intramolecular Hbond substituents is 1. The topological polar surface area (TPSA) is 138 Å². The number of allylic oxidation sites excluding steroid dienone is 2. The first-order valence-electron chi connectivity index (χ1n) is 16.8. The van der Waals surface area contributed by atoms with Crippen molar-refractivity contribution in [1.29, 1.82) is 0 Å². The number of alkyl halides is 3. The minimum absolute atomic E-state index is 0.00676. The first kappa shape index (κ1) is 36.5. The van der Waals surface area contributed by atoms with Crippen molar-refractivity contribution in [3.05, 3.63) is 87.0 Å². The maximum Gasteiger partial charge on any atom is 0.417 e. The van der Waals surface area contributed by atoms with Gasteiger partial charge >= 0.3 is 6.18 Å². The van der Waals surface area contributed by atoms with Crippen LogP contribution in [-0.4, -0.2) is 64.4 Å². The van der Waals surface area contributed by atoms with E-state index in [1.165, 1.54) is 31.3 Å². The number of phenols is 1. The van der Waals surface area contributed by atoms with Crippen LogP contribution in [0.1, 0.15) is 48.8 Å². The molecule has 2 aliphatic carbocycles. The third-order valence-electron chi connectivity index (χ3n) is 10.9. The fourth-order valence-electron chi connectivity index (χ4n) is 8.75. The number of carbonyl (C=O) groups excluding carboxylic acids is 4. The highest BCUT2D eigenvalue weighted by molar-refractivity contribution is 6.33. The zero-order valence-corrected chi connectivity index (χ0v) is 30.1. The first-order valence-corrected chi connectivity index (χ1v) is 17.6. The van der Waals surface area contributed by atoms with Crippen LogP contribution in [-0.2, 0) is 30.8 Å². The van der Waals surface area contributed by atoms with Gasteiger partial charge in [-0.05, 0) is 66.6 Å². The van der Waals surface area contributed by atoms with Crippen molar-refractivity contribution < 1.29 is 46.9 Å². The molecule has 3 fully saturated rings. The van der Waals surface area contributed by atoms with Crippen LogP contribution in [0, 0.1) is 23.7 Å². The molecule has 3 heterocycles. The van der Waals surface area contributed by atoms with Gasteiger partial charge in [-0.15, -0.1) is 0 Å². The monoisotopic (exact) mass is 772 g/mol. The van der Waals surface area contributed by atoms with Crippen molar-refractivity contribution in [2.75, 3.05) is 26.2 Å². The fourth-order valence-corrected chi connectivity index (χ4v) is 9.08. The summed E-state index contributed by atoms with van der Waals surface area (Å²) in [6, 6.07) is 10.1. The summed E-state index contributed by atoms with van der Waals surface area (Å²) in [6.45, 7) is 2.09. The Morgan fingerprint density at radius 2 is 1.64 bits per heavy atom. The number of pyridine rings is 1. The Balaban J connectivity index is 1.47. The van der Waals surface area contributed by atoms with Gasteiger partial charge in [0.1, 0.15) is 0 Å². The van der Waals surface area contributed by atoms with E-state index in [2.05, 4.69) is 10.4 Å². The molecular weight excluding hydrogens is 740 g/mol. The molecule has 16 heteroatoms. The van der Waals surface area contributed by atoms with Crippen LogP contribution in [0.15, 0.2) is 60.3 Å². The number of likely N-dealkylation sites (tertiary alicyclic amines) is 1. The van der Waals surface area contributed by atoms with Gasteiger partial charge in [-0.2, -0.15) is 18.2 Å². The Morgan fingerprint density at radius 1 is 0.981 bits per heavy atom. The molecule has 0 radical (unpaired) electrons. The molecule has 0 unspecified atom stereocenters. The summed E-state index contributed by atoms with van der Waals surface area (Å²) >= 11 is 12.6. The number of benzene rings is 2. The van der Waals surface area contributed by atoms with Crippen molar-refractivity contribution in [2.45, 2.75) is 43.7 Å². The number of nitrogens with one attached hydrogen (secondary N) is 1. The molecule has 1 aromatic heterocycles. The van der Waals surface area contributed by atoms with Gasteiger partial charge < -0.3 is 14.6 Å². The van der Waals surface area contributed by atoms with E-state index in [1.54, 1.807) is 24.3 Å². The first-order chi connectivity index (χ1) is 25.2. The van der Waals surface area contributed by atoms with Crippen molar-refractivity contribution in [2.24, 2.45) is 23.7 Å². The summed E-state index contributed by atoms with van der Waals surface area (Å²) < 4.78 is 51.4. The number of carbonyl (C=O) groups is 4. The number of imide groups is 2. The van der Waals surface area contributed by atoms with E-state index < -0.39 is 63.6 Å². The summed E-state index contributed by atoms with van der Waals surface area (Å²) in [7, 11) is 2.68. The highest BCUT2D eigenvalue weighted by atomic mass is 35.5. The van der Waals surface area contributed by atoms with E-state index in [1.807, 2.05) is 13.0 Å². The molecule has 53 heavy (non-hydrogen) atoms. The van der Waals surface area contributed by atoms with E-state index in [4.69, 9.17) is 32.7 Å². The quantitative estimate of drug-likeness (QED) is 0.194. The maximum atomic E-state index is 15.3. The van der Waals surface area contributed by atoms with Crippen LogP contribution >= 0.6 is 23.2 Å². The Bertz CT molecular complexity index is 2050. The molecule has 1 saturated carbocycles. The Hall–Kier alpha value is -4.82. The average Bonchev–Trinajstić information content (AvgIpc) is 3.49. The van der Waals surface area contributed by atoms with E-state index in [-0.39, 0.29) is 54.3 Å². The highest BCUT2D eigenvalue weighted by Gasteiger charge is 2.70. The average molecular weight is 774 g/mol. The molecule has 278 valence electrons. The normalized spacial score (nSPS) is 26.6. The Kier molecular flexibility index (Phi) is 9.13. The van der Waals surface area contributed by atoms with Gasteiger partial charge in [0, 0.05) is 23.7 Å². The predicted molar refractivity (Wildman–Crippen MR) is 185 cm³/mol. The largest absolute Gasteiger partial charge is 0.502 e. The standard InChI is InChI=1S/C37H33Cl2F3N4O7/c1-4-11-45-32(48)22-10-9-21-23(28(22)34(45)50)15-24-33(49)46(44-31-25(39)14-19(16-43-31)37(40,41)42)35(51)36(24,18-5-7-20(38)8-6-18)29(21)17-12-26(52-2)30(47)27(13-17)53-3/h5-9,12-14,16,22-24,28-29,47H,4,10-11,15H2,1-3H3,(H,43,44)/t22-,23+,24-,28-,29-,36+/m0/s1. The van der Waals surface area contributed by atoms with E-state index in [0.29, 0.717) is 45.4 Å². The highest BCUT2D eigenvalue weighted by Crippen LogP contribution is 2.65. The zero-order valence-electron chi connectivity index (χ0n) is 28.5. The molecule has 3 aromatic rings. The van der Waals surface area contributed by atoms with Crippen LogP contribution in [0.2, 0.25) is 10.0 Å². The SMILES string of the molecule is CCCN1C(=O)[C@H]2[C@H](CC=C3[C@H]2C[C@H]2C(=O)N(Nc4ncc(C(F)(F)F)cc4Cl)C(=O)[C@@]2(c2ccc(Cl)cc2)[C@H]3c2cc(OC)c(O)c(OC)c2)C1=O.